The van der Waals surface area contributed by atoms with Gasteiger partial charge in [0.05, 0.1) is 11.0 Å². The summed E-state index contributed by atoms with van der Waals surface area (Å²) in [6.07, 6.45) is 0. The zero-order valence-electron chi connectivity index (χ0n) is 24.5. The summed E-state index contributed by atoms with van der Waals surface area (Å²) in [5.74, 6) is 2.59. The van der Waals surface area contributed by atoms with Crippen LogP contribution < -0.4 is 0 Å². The van der Waals surface area contributed by atoms with Crippen molar-refractivity contribution < 1.29 is 0 Å². The number of nitrogens with zero attached hydrogens (tertiary/aromatic N) is 4. The zero-order valence-corrected chi connectivity index (χ0v) is 24.5. The molecule has 5 aromatic carbocycles. The van der Waals surface area contributed by atoms with Gasteiger partial charge >= 0.3 is 0 Å². The molecule has 0 amide bonds. The van der Waals surface area contributed by atoms with Crippen molar-refractivity contribution in [2.75, 3.05) is 0 Å². The molecule has 0 saturated heterocycles. The van der Waals surface area contributed by atoms with Crippen LogP contribution in [0.5, 0.6) is 0 Å². The lowest BCUT2D eigenvalue weighted by Gasteiger charge is -2.13. The molecule has 2 aromatic heterocycles. The largest absolute Gasteiger partial charge is 0.309 e. The summed E-state index contributed by atoms with van der Waals surface area (Å²) in [6.45, 7) is 9.04. The molecule has 0 aliphatic carbocycles. The number of hydrogen-bond acceptors (Lipinski definition) is 2. The quantitative estimate of drug-likeness (QED) is 0.208. The van der Waals surface area contributed by atoms with Crippen LogP contribution >= 0.6 is 0 Å². The molecule has 4 heteroatoms. The van der Waals surface area contributed by atoms with E-state index in [0.29, 0.717) is 11.8 Å². The standard InChI is InChI=1S/C38H34N4/c1-25(2)29-15-21-35-33(23-29)34-24-30(26(3)4)16-22-36(34)41(35)31-17-19-32(20-18-31)42-37(27-11-7-5-8-12-27)39-40-38(42)28-13-9-6-10-14-28/h5-26H,1-4H3. The number of benzene rings is 5. The summed E-state index contributed by atoms with van der Waals surface area (Å²) in [5, 5.41) is 11.9. The molecular weight excluding hydrogens is 512 g/mol. The Morgan fingerprint density at radius 2 is 0.857 bits per heavy atom. The fraction of sp³-hybridized carbons (Fsp3) is 0.158. The summed E-state index contributed by atoms with van der Waals surface area (Å²) in [5.41, 5.74) is 9.38. The van der Waals surface area contributed by atoms with Crippen LogP contribution in [0.15, 0.2) is 121 Å². The van der Waals surface area contributed by atoms with Gasteiger partial charge in [-0.05, 0) is 71.5 Å². The molecule has 0 N–H and O–H groups in total. The summed E-state index contributed by atoms with van der Waals surface area (Å²) in [4.78, 5) is 0. The van der Waals surface area contributed by atoms with E-state index in [-0.39, 0.29) is 0 Å². The molecule has 0 spiro atoms. The van der Waals surface area contributed by atoms with Crippen molar-refractivity contribution in [1.82, 2.24) is 19.3 Å². The van der Waals surface area contributed by atoms with Crippen molar-refractivity contribution in [3.05, 3.63) is 132 Å². The van der Waals surface area contributed by atoms with Crippen LogP contribution in [0.2, 0.25) is 0 Å². The van der Waals surface area contributed by atoms with Crippen molar-refractivity contribution in [1.29, 1.82) is 0 Å². The Kier molecular flexibility index (Phi) is 6.47. The maximum atomic E-state index is 4.65. The Bertz CT molecular complexity index is 1890. The molecule has 4 nitrogen and oxygen atoms in total. The van der Waals surface area contributed by atoms with Gasteiger partial charge in [0.2, 0.25) is 0 Å². The van der Waals surface area contributed by atoms with Crippen LogP contribution in [-0.4, -0.2) is 19.3 Å². The van der Waals surface area contributed by atoms with Crippen molar-refractivity contribution in [3.63, 3.8) is 0 Å². The van der Waals surface area contributed by atoms with Crippen molar-refractivity contribution in [3.8, 4) is 34.2 Å². The molecule has 0 bridgehead atoms. The van der Waals surface area contributed by atoms with E-state index in [4.69, 9.17) is 0 Å². The summed E-state index contributed by atoms with van der Waals surface area (Å²) < 4.78 is 4.55. The second-order valence-electron chi connectivity index (χ2n) is 11.6. The highest BCUT2D eigenvalue weighted by Gasteiger charge is 2.19. The SMILES string of the molecule is CC(C)c1ccc2c(c1)c1cc(C(C)C)ccc1n2-c1ccc(-n2c(-c3ccccc3)nnc2-c2ccccc2)cc1. The monoisotopic (exact) mass is 546 g/mol. The summed E-state index contributed by atoms with van der Waals surface area (Å²) in [7, 11) is 0. The second-order valence-corrected chi connectivity index (χ2v) is 11.6. The molecule has 0 aliphatic heterocycles. The van der Waals surface area contributed by atoms with Gasteiger partial charge in [0.15, 0.2) is 11.6 Å². The van der Waals surface area contributed by atoms with E-state index >= 15 is 0 Å². The predicted molar refractivity (Wildman–Crippen MR) is 175 cm³/mol. The van der Waals surface area contributed by atoms with Gasteiger partial charge in [0.25, 0.3) is 0 Å². The number of hydrogen-bond donors (Lipinski definition) is 0. The van der Waals surface area contributed by atoms with E-state index in [1.54, 1.807) is 0 Å². The Labute approximate surface area is 246 Å². The third-order valence-electron chi connectivity index (χ3n) is 8.24. The first kappa shape index (κ1) is 26.0. The lowest BCUT2D eigenvalue weighted by Crippen LogP contribution is -2.01. The molecule has 0 radical (unpaired) electrons. The lowest BCUT2D eigenvalue weighted by molar-refractivity contribution is 0.868. The van der Waals surface area contributed by atoms with Gasteiger partial charge in [0.1, 0.15) is 0 Å². The Hall–Kier alpha value is -4.96. The van der Waals surface area contributed by atoms with Crippen molar-refractivity contribution in [2.45, 2.75) is 39.5 Å². The first-order valence-corrected chi connectivity index (χ1v) is 14.7. The van der Waals surface area contributed by atoms with E-state index in [0.717, 1.165) is 34.2 Å². The third-order valence-corrected chi connectivity index (χ3v) is 8.24. The maximum absolute atomic E-state index is 4.65. The molecule has 0 unspecified atom stereocenters. The van der Waals surface area contributed by atoms with E-state index in [1.807, 2.05) is 36.4 Å². The highest BCUT2D eigenvalue weighted by Crippen LogP contribution is 2.36. The Morgan fingerprint density at radius 1 is 0.452 bits per heavy atom. The lowest BCUT2D eigenvalue weighted by atomic mass is 9.98. The van der Waals surface area contributed by atoms with Crippen molar-refractivity contribution in [2.24, 2.45) is 0 Å². The molecule has 0 atom stereocenters. The van der Waals surface area contributed by atoms with Crippen LogP contribution in [0, 0.1) is 0 Å². The van der Waals surface area contributed by atoms with E-state index in [9.17, 15) is 0 Å². The zero-order chi connectivity index (χ0) is 28.8. The number of aromatic nitrogens is 4. The fourth-order valence-electron chi connectivity index (χ4n) is 5.88. The molecule has 0 aliphatic rings. The highest BCUT2D eigenvalue weighted by atomic mass is 15.3. The first-order valence-electron chi connectivity index (χ1n) is 14.7. The van der Waals surface area contributed by atoms with Crippen molar-refractivity contribution >= 4 is 21.8 Å². The molecule has 42 heavy (non-hydrogen) atoms. The normalized spacial score (nSPS) is 11.8. The topological polar surface area (TPSA) is 35.6 Å². The van der Waals surface area contributed by atoms with Crippen LogP contribution in [0.1, 0.15) is 50.7 Å². The Morgan fingerprint density at radius 3 is 1.26 bits per heavy atom. The minimum Gasteiger partial charge on any atom is -0.309 e. The van der Waals surface area contributed by atoms with Gasteiger partial charge in [-0.1, -0.05) is 100 Å². The van der Waals surface area contributed by atoms with Crippen LogP contribution in [0.4, 0.5) is 0 Å². The van der Waals surface area contributed by atoms with Gasteiger partial charge < -0.3 is 4.57 Å². The van der Waals surface area contributed by atoms with Crippen LogP contribution in [0.25, 0.3) is 56.0 Å². The maximum Gasteiger partial charge on any atom is 0.168 e. The van der Waals surface area contributed by atoms with E-state index in [2.05, 4.69) is 132 Å². The van der Waals surface area contributed by atoms with E-state index < -0.39 is 0 Å². The average molecular weight is 547 g/mol. The molecule has 0 saturated carbocycles. The number of rotatable bonds is 6. The summed E-state index contributed by atoms with van der Waals surface area (Å²) in [6, 6.07) is 43.2. The van der Waals surface area contributed by atoms with Gasteiger partial charge in [-0.3, -0.25) is 4.57 Å². The molecule has 7 aromatic rings. The predicted octanol–water partition coefficient (Wildman–Crippen LogP) is 9.95. The summed E-state index contributed by atoms with van der Waals surface area (Å²) >= 11 is 0. The minimum atomic E-state index is 0.474. The van der Waals surface area contributed by atoms with Crippen LogP contribution in [0.3, 0.4) is 0 Å². The molecule has 206 valence electrons. The van der Waals surface area contributed by atoms with Gasteiger partial charge in [0, 0.05) is 33.3 Å². The molecule has 0 fully saturated rings. The third kappa shape index (κ3) is 4.40. The van der Waals surface area contributed by atoms with Gasteiger partial charge in [-0.15, -0.1) is 10.2 Å². The van der Waals surface area contributed by atoms with Crippen LogP contribution in [-0.2, 0) is 0 Å². The van der Waals surface area contributed by atoms with E-state index in [1.165, 1.54) is 32.9 Å². The van der Waals surface area contributed by atoms with Gasteiger partial charge in [-0.25, -0.2) is 0 Å². The Balaban J connectivity index is 1.41. The fourth-order valence-corrected chi connectivity index (χ4v) is 5.88. The highest BCUT2D eigenvalue weighted by molar-refractivity contribution is 6.09. The second kappa shape index (κ2) is 10.5. The smallest absolute Gasteiger partial charge is 0.168 e. The molecular formula is C38H34N4. The number of fused-ring (bicyclic) bond motifs is 3. The first-order chi connectivity index (χ1) is 20.5. The average Bonchev–Trinajstić information content (AvgIpc) is 3.61. The molecule has 2 heterocycles. The molecule has 7 rings (SSSR count). The van der Waals surface area contributed by atoms with Gasteiger partial charge in [-0.2, -0.15) is 0 Å². The minimum absolute atomic E-state index is 0.474.